The van der Waals surface area contributed by atoms with Gasteiger partial charge in [-0.15, -0.1) is 0 Å². The van der Waals surface area contributed by atoms with Crippen LogP contribution >= 0.6 is 0 Å². The maximum atomic E-state index is 12.5. The molecule has 32 heavy (non-hydrogen) atoms. The van der Waals surface area contributed by atoms with Crippen LogP contribution in [0.25, 0.3) is 11.1 Å². The minimum atomic E-state index is -0.982. The zero-order valence-electron chi connectivity index (χ0n) is 18.7. The van der Waals surface area contributed by atoms with Gasteiger partial charge in [-0.05, 0) is 59.9 Å². The number of aromatic carboxylic acids is 1. The molecule has 0 amide bonds. The van der Waals surface area contributed by atoms with Crippen molar-refractivity contribution in [2.45, 2.75) is 40.7 Å². The van der Waals surface area contributed by atoms with Gasteiger partial charge in [0.1, 0.15) is 18.1 Å². The van der Waals surface area contributed by atoms with E-state index in [1.54, 1.807) is 49.5 Å². The van der Waals surface area contributed by atoms with Crippen molar-refractivity contribution in [1.29, 1.82) is 0 Å². The first kappa shape index (κ1) is 23.0. The van der Waals surface area contributed by atoms with E-state index in [2.05, 4.69) is 4.98 Å². The summed E-state index contributed by atoms with van der Waals surface area (Å²) in [6, 6.07) is 13.6. The average molecular weight is 434 g/mol. The number of carboxylic acids is 1. The molecular formula is C26H27NO5. The third-order valence-electron chi connectivity index (χ3n) is 5.01. The molecule has 3 rings (SSSR count). The zero-order chi connectivity index (χ0) is 23.5. The van der Waals surface area contributed by atoms with Crippen molar-refractivity contribution < 1.29 is 24.5 Å². The summed E-state index contributed by atoms with van der Waals surface area (Å²) in [6.07, 6.45) is 1.97. The number of aromatic nitrogens is 1. The van der Waals surface area contributed by atoms with E-state index in [-0.39, 0.29) is 29.1 Å². The van der Waals surface area contributed by atoms with E-state index >= 15 is 0 Å². The van der Waals surface area contributed by atoms with Crippen LogP contribution in [0.4, 0.5) is 0 Å². The van der Waals surface area contributed by atoms with Gasteiger partial charge in [0.05, 0.1) is 16.8 Å². The smallest absolute Gasteiger partial charge is 0.335 e. The van der Waals surface area contributed by atoms with Crippen molar-refractivity contribution in [3.05, 3.63) is 77.1 Å². The van der Waals surface area contributed by atoms with Crippen LogP contribution in [0.1, 0.15) is 59.2 Å². The molecule has 0 fully saturated rings. The highest BCUT2D eigenvalue weighted by atomic mass is 16.5. The number of pyridine rings is 1. The van der Waals surface area contributed by atoms with Crippen molar-refractivity contribution in [2.24, 2.45) is 5.41 Å². The minimum Gasteiger partial charge on any atom is -0.507 e. The molecule has 1 aromatic heterocycles. The number of phenolic OH excluding ortho intramolecular Hbond substituents is 1. The number of rotatable bonds is 7. The molecule has 0 aliphatic carbocycles. The third kappa shape index (κ3) is 5.52. The number of ketones is 1. The number of carbonyl (C=O) groups is 2. The molecule has 0 aliphatic heterocycles. The summed E-state index contributed by atoms with van der Waals surface area (Å²) in [5.41, 5.74) is 3.07. The summed E-state index contributed by atoms with van der Waals surface area (Å²) in [6.45, 7) is 7.80. The second-order valence-electron chi connectivity index (χ2n) is 8.96. The van der Waals surface area contributed by atoms with Gasteiger partial charge in [0.15, 0.2) is 5.78 Å². The van der Waals surface area contributed by atoms with Gasteiger partial charge in [-0.3, -0.25) is 9.78 Å². The van der Waals surface area contributed by atoms with Crippen LogP contribution < -0.4 is 4.74 Å². The number of ether oxygens (including phenoxy) is 1. The second kappa shape index (κ2) is 9.22. The molecular weight excluding hydrogens is 406 g/mol. The third-order valence-corrected chi connectivity index (χ3v) is 5.01. The number of hydrogen-bond donors (Lipinski definition) is 2. The number of hydrogen-bond acceptors (Lipinski definition) is 5. The molecule has 0 aliphatic rings. The maximum absolute atomic E-state index is 12.5. The van der Waals surface area contributed by atoms with E-state index in [0.29, 0.717) is 29.0 Å². The van der Waals surface area contributed by atoms with Gasteiger partial charge in [-0.2, -0.15) is 0 Å². The second-order valence-corrected chi connectivity index (χ2v) is 8.96. The molecule has 1 heterocycles. The van der Waals surface area contributed by atoms with Crippen LogP contribution in [0.15, 0.2) is 54.7 Å². The van der Waals surface area contributed by atoms with E-state index in [9.17, 15) is 19.8 Å². The molecule has 0 unspecified atom stereocenters. The Balaban J connectivity index is 1.77. The molecule has 0 spiro atoms. The summed E-state index contributed by atoms with van der Waals surface area (Å²) in [5, 5.41) is 19.7. The van der Waals surface area contributed by atoms with Crippen molar-refractivity contribution in [1.82, 2.24) is 4.98 Å². The summed E-state index contributed by atoms with van der Waals surface area (Å²) in [4.78, 5) is 28.1. The Morgan fingerprint density at radius 1 is 1.03 bits per heavy atom. The van der Waals surface area contributed by atoms with E-state index in [1.165, 1.54) is 0 Å². The molecule has 3 aromatic rings. The number of nitrogens with zero attached hydrogens (tertiary/aromatic N) is 1. The largest absolute Gasteiger partial charge is 0.507 e. The molecule has 6 heteroatoms. The van der Waals surface area contributed by atoms with Crippen LogP contribution in [0.5, 0.6) is 11.5 Å². The number of carboxylic acid groups (broad SMARTS) is 1. The lowest BCUT2D eigenvalue weighted by molar-refractivity contribution is 0.0696. The molecule has 0 radical (unpaired) electrons. The number of benzene rings is 2. The van der Waals surface area contributed by atoms with E-state index in [0.717, 1.165) is 11.1 Å². The summed E-state index contributed by atoms with van der Waals surface area (Å²) < 4.78 is 5.86. The quantitative estimate of drug-likeness (QED) is 0.467. The van der Waals surface area contributed by atoms with E-state index in [1.807, 2.05) is 32.9 Å². The highest BCUT2D eigenvalue weighted by Gasteiger charge is 2.21. The SMILES string of the molecule is Cc1c(OCc2cc(-c3cccc(C(=O)O)c3)ccn2)ccc(C(=O)CC(C)(C)C)c1O. The Labute approximate surface area is 187 Å². The van der Waals surface area contributed by atoms with Gasteiger partial charge in [0.25, 0.3) is 0 Å². The van der Waals surface area contributed by atoms with Crippen molar-refractivity contribution in [2.75, 3.05) is 0 Å². The number of aromatic hydroxyl groups is 1. The molecule has 2 N–H and O–H groups in total. The van der Waals surface area contributed by atoms with E-state index in [4.69, 9.17) is 4.74 Å². The van der Waals surface area contributed by atoms with Crippen molar-refractivity contribution >= 4 is 11.8 Å². The lowest BCUT2D eigenvalue weighted by atomic mass is 9.87. The Bertz CT molecular complexity index is 1160. The normalized spacial score (nSPS) is 11.2. The summed E-state index contributed by atoms with van der Waals surface area (Å²) in [5.74, 6) is -0.689. The zero-order valence-corrected chi connectivity index (χ0v) is 18.7. The van der Waals surface area contributed by atoms with Gasteiger partial charge in [-0.25, -0.2) is 4.79 Å². The van der Waals surface area contributed by atoms with Gasteiger partial charge in [0, 0.05) is 18.2 Å². The average Bonchev–Trinajstić information content (AvgIpc) is 2.73. The highest BCUT2D eigenvalue weighted by molar-refractivity contribution is 5.99. The van der Waals surface area contributed by atoms with Crippen molar-refractivity contribution in [3.8, 4) is 22.6 Å². The number of phenols is 1. The maximum Gasteiger partial charge on any atom is 0.335 e. The first-order valence-electron chi connectivity index (χ1n) is 10.3. The Kier molecular flexibility index (Phi) is 6.63. The Morgan fingerprint density at radius 2 is 1.75 bits per heavy atom. The Hall–Kier alpha value is -3.67. The van der Waals surface area contributed by atoms with Crippen LogP contribution in [0.2, 0.25) is 0 Å². The van der Waals surface area contributed by atoms with Crippen LogP contribution in [-0.2, 0) is 6.61 Å². The standard InChI is InChI=1S/C26H27NO5/c1-16-23(9-8-21(24(16)29)22(28)14-26(2,3)4)32-15-20-13-18(10-11-27-20)17-6-5-7-19(12-17)25(30)31/h5-13,29H,14-15H2,1-4H3,(H,30,31). The number of carbonyl (C=O) groups excluding carboxylic acids is 1. The topological polar surface area (TPSA) is 96.7 Å². The molecule has 0 atom stereocenters. The minimum absolute atomic E-state index is 0.0658. The van der Waals surface area contributed by atoms with Gasteiger partial charge < -0.3 is 14.9 Å². The first-order chi connectivity index (χ1) is 15.0. The van der Waals surface area contributed by atoms with Gasteiger partial charge in [-0.1, -0.05) is 32.9 Å². The lowest BCUT2D eigenvalue weighted by Gasteiger charge is -2.18. The van der Waals surface area contributed by atoms with Crippen LogP contribution in [0.3, 0.4) is 0 Å². The summed E-state index contributed by atoms with van der Waals surface area (Å²) in [7, 11) is 0. The Morgan fingerprint density at radius 3 is 2.44 bits per heavy atom. The molecule has 2 aromatic carbocycles. The molecule has 166 valence electrons. The fourth-order valence-corrected chi connectivity index (χ4v) is 3.36. The first-order valence-corrected chi connectivity index (χ1v) is 10.3. The molecule has 0 saturated heterocycles. The molecule has 0 bridgehead atoms. The number of Topliss-reactive ketones (excluding diaryl/α,β-unsaturated/α-hetero) is 1. The predicted molar refractivity (Wildman–Crippen MR) is 122 cm³/mol. The van der Waals surface area contributed by atoms with Gasteiger partial charge >= 0.3 is 5.97 Å². The van der Waals surface area contributed by atoms with Crippen molar-refractivity contribution in [3.63, 3.8) is 0 Å². The highest BCUT2D eigenvalue weighted by Crippen LogP contribution is 2.33. The predicted octanol–water partition coefficient (Wildman–Crippen LogP) is 5.66. The molecule has 6 nitrogen and oxygen atoms in total. The van der Waals surface area contributed by atoms with Crippen LogP contribution in [-0.4, -0.2) is 26.9 Å². The monoisotopic (exact) mass is 433 g/mol. The molecule has 0 saturated carbocycles. The summed E-state index contributed by atoms with van der Waals surface area (Å²) >= 11 is 0. The van der Waals surface area contributed by atoms with Crippen LogP contribution in [0, 0.1) is 12.3 Å². The fraction of sp³-hybridized carbons (Fsp3) is 0.269. The fourth-order valence-electron chi connectivity index (χ4n) is 3.36. The van der Waals surface area contributed by atoms with E-state index < -0.39 is 5.97 Å². The van der Waals surface area contributed by atoms with Gasteiger partial charge in [0.2, 0.25) is 0 Å². The lowest BCUT2D eigenvalue weighted by Crippen LogP contribution is -2.13.